The molecule has 1 atom stereocenters. The molecule has 0 aliphatic carbocycles. The summed E-state index contributed by atoms with van der Waals surface area (Å²) in [5, 5.41) is 7.29. The van der Waals surface area contributed by atoms with Crippen LogP contribution in [0.15, 0.2) is 6.20 Å². The summed E-state index contributed by atoms with van der Waals surface area (Å²) < 4.78 is 30.2. The smallest absolute Gasteiger partial charge is 0.328 e. The van der Waals surface area contributed by atoms with E-state index in [2.05, 4.69) is 19.8 Å². The number of aromatic nitrogens is 3. The van der Waals surface area contributed by atoms with Gasteiger partial charge in [0, 0.05) is 6.54 Å². The van der Waals surface area contributed by atoms with E-state index in [0.717, 1.165) is 12.7 Å². The van der Waals surface area contributed by atoms with Crippen LogP contribution in [0.5, 0.6) is 0 Å². The number of hydrogen-bond donors (Lipinski definition) is 1. The molecule has 1 aliphatic rings. The summed E-state index contributed by atoms with van der Waals surface area (Å²) in [4.78, 5) is 25.3. The van der Waals surface area contributed by atoms with Crippen LogP contribution in [0, 0.1) is 0 Å². The normalized spacial score (nSPS) is 18.3. The number of anilines is 1. The second kappa shape index (κ2) is 6.30. The molecule has 0 radical (unpaired) electrons. The van der Waals surface area contributed by atoms with Gasteiger partial charge in [-0.25, -0.2) is 17.9 Å². The van der Waals surface area contributed by atoms with E-state index in [-0.39, 0.29) is 18.3 Å². The van der Waals surface area contributed by atoms with Crippen molar-refractivity contribution in [1.29, 1.82) is 0 Å². The van der Waals surface area contributed by atoms with Gasteiger partial charge in [0.05, 0.1) is 19.6 Å². The number of nitrogens with zero attached hydrogens (tertiary/aromatic N) is 4. The summed E-state index contributed by atoms with van der Waals surface area (Å²) in [6, 6.07) is -0.574. The van der Waals surface area contributed by atoms with Crippen LogP contribution >= 0.6 is 0 Å². The fourth-order valence-corrected chi connectivity index (χ4v) is 2.76. The van der Waals surface area contributed by atoms with Crippen LogP contribution in [-0.4, -0.2) is 66.1 Å². The minimum absolute atomic E-state index is 0.0289. The van der Waals surface area contributed by atoms with Gasteiger partial charge in [-0.2, -0.15) is 0 Å². The number of carbonyl (C=O) groups is 2. The zero-order valence-electron chi connectivity index (χ0n) is 12.2. The molecule has 0 aromatic carbocycles. The molecule has 1 saturated heterocycles. The van der Waals surface area contributed by atoms with Crippen molar-refractivity contribution in [2.45, 2.75) is 25.4 Å². The molecule has 122 valence electrons. The molecule has 0 spiro atoms. The lowest BCUT2D eigenvalue weighted by Crippen LogP contribution is -2.42. The molecule has 2 rings (SSSR count). The molecule has 0 saturated carbocycles. The summed E-state index contributed by atoms with van der Waals surface area (Å²) in [6.07, 6.45) is 3.59. The lowest BCUT2D eigenvalue weighted by Gasteiger charge is -2.22. The van der Waals surface area contributed by atoms with E-state index in [9.17, 15) is 18.0 Å². The van der Waals surface area contributed by atoms with Gasteiger partial charge in [0.2, 0.25) is 15.9 Å². The first-order chi connectivity index (χ1) is 10.3. The van der Waals surface area contributed by atoms with Crippen LogP contribution in [0.25, 0.3) is 0 Å². The maximum Gasteiger partial charge on any atom is 0.328 e. The fourth-order valence-electron chi connectivity index (χ4n) is 2.29. The monoisotopic (exact) mass is 331 g/mol. The number of esters is 1. The van der Waals surface area contributed by atoms with E-state index in [1.54, 1.807) is 0 Å². The molecule has 22 heavy (non-hydrogen) atoms. The second-order valence-electron chi connectivity index (χ2n) is 4.94. The highest BCUT2D eigenvalue weighted by Crippen LogP contribution is 2.19. The maximum absolute atomic E-state index is 12.2. The lowest BCUT2D eigenvalue weighted by atomic mass is 10.2. The number of likely N-dealkylation sites (tertiary alicyclic amines) is 1. The van der Waals surface area contributed by atoms with E-state index in [1.165, 1.54) is 22.9 Å². The van der Waals surface area contributed by atoms with Crippen molar-refractivity contribution >= 4 is 27.7 Å². The molecule has 1 aromatic rings. The third kappa shape index (κ3) is 3.93. The predicted octanol–water partition coefficient (Wildman–Crippen LogP) is -1.19. The molecule has 2 heterocycles. The Kier molecular flexibility index (Phi) is 4.64. The first-order valence-corrected chi connectivity index (χ1v) is 8.44. The Hall–Kier alpha value is -2.17. The second-order valence-corrected chi connectivity index (χ2v) is 6.69. The zero-order valence-corrected chi connectivity index (χ0v) is 13.0. The van der Waals surface area contributed by atoms with Crippen LogP contribution in [-0.2, 0) is 30.9 Å². The standard InChI is InChI=1S/C11H17N5O5S/c1-21-11(18)8-4-3-5-16(8)10(17)7-15-6-9(12-14-15)13-22(2,19)20/h6,8,13H,3-5,7H2,1-2H3. The number of nitrogens with one attached hydrogen (secondary N) is 1. The van der Waals surface area contributed by atoms with Gasteiger partial charge in [-0.15, -0.1) is 5.10 Å². The molecular weight excluding hydrogens is 314 g/mol. The van der Waals surface area contributed by atoms with E-state index in [4.69, 9.17) is 0 Å². The molecule has 1 aliphatic heterocycles. The van der Waals surface area contributed by atoms with Crippen molar-refractivity contribution in [3.8, 4) is 0 Å². The molecule has 1 N–H and O–H groups in total. The Bertz CT molecular complexity index is 670. The summed E-state index contributed by atoms with van der Waals surface area (Å²) in [6.45, 7) is 0.341. The lowest BCUT2D eigenvalue weighted by molar-refractivity contribution is -0.151. The van der Waals surface area contributed by atoms with Gasteiger partial charge in [0.15, 0.2) is 5.82 Å². The zero-order chi connectivity index (χ0) is 16.3. The highest BCUT2D eigenvalue weighted by atomic mass is 32.2. The highest BCUT2D eigenvalue weighted by Gasteiger charge is 2.34. The SMILES string of the molecule is COC(=O)C1CCCN1C(=O)Cn1cc(NS(C)(=O)=O)nn1. The van der Waals surface area contributed by atoms with Gasteiger partial charge in [0.1, 0.15) is 12.6 Å². The van der Waals surface area contributed by atoms with Gasteiger partial charge in [-0.3, -0.25) is 9.52 Å². The van der Waals surface area contributed by atoms with Crippen molar-refractivity contribution in [2.75, 3.05) is 24.6 Å². The van der Waals surface area contributed by atoms with Crippen LogP contribution in [0.2, 0.25) is 0 Å². The number of methoxy groups -OCH3 is 1. The Morgan fingerprint density at radius 1 is 1.50 bits per heavy atom. The Morgan fingerprint density at radius 2 is 2.23 bits per heavy atom. The van der Waals surface area contributed by atoms with E-state index < -0.39 is 22.0 Å². The number of ether oxygens (including phenoxy) is 1. The Morgan fingerprint density at radius 3 is 2.86 bits per heavy atom. The molecule has 1 aromatic heterocycles. The number of sulfonamides is 1. The molecule has 1 unspecified atom stereocenters. The minimum Gasteiger partial charge on any atom is -0.467 e. The molecule has 1 fully saturated rings. The molecule has 10 nitrogen and oxygen atoms in total. The van der Waals surface area contributed by atoms with Gasteiger partial charge in [-0.05, 0) is 12.8 Å². The van der Waals surface area contributed by atoms with E-state index in [1.807, 2.05) is 0 Å². The number of hydrogen-bond acceptors (Lipinski definition) is 7. The quantitative estimate of drug-likeness (QED) is 0.673. The summed E-state index contributed by atoms with van der Waals surface area (Å²) in [5.41, 5.74) is 0. The van der Waals surface area contributed by atoms with Crippen molar-refractivity contribution in [3.63, 3.8) is 0 Å². The first-order valence-electron chi connectivity index (χ1n) is 6.55. The Labute approximate surface area is 127 Å². The molecular formula is C11H17N5O5S. The Balaban J connectivity index is 2.01. The van der Waals surface area contributed by atoms with Crippen molar-refractivity contribution < 1.29 is 22.7 Å². The van der Waals surface area contributed by atoms with Gasteiger partial charge < -0.3 is 9.64 Å². The average molecular weight is 331 g/mol. The van der Waals surface area contributed by atoms with Gasteiger partial charge in [-0.1, -0.05) is 5.21 Å². The van der Waals surface area contributed by atoms with Crippen molar-refractivity contribution in [2.24, 2.45) is 0 Å². The van der Waals surface area contributed by atoms with Crippen molar-refractivity contribution in [3.05, 3.63) is 6.20 Å². The van der Waals surface area contributed by atoms with Gasteiger partial charge in [0.25, 0.3) is 0 Å². The van der Waals surface area contributed by atoms with Crippen LogP contribution in [0.4, 0.5) is 5.82 Å². The molecule has 1 amide bonds. The number of rotatable bonds is 5. The molecule has 11 heteroatoms. The van der Waals surface area contributed by atoms with Crippen LogP contribution in [0.3, 0.4) is 0 Å². The summed E-state index contributed by atoms with van der Waals surface area (Å²) >= 11 is 0. The average Bonchev–Trinajstić information content (AvgIpc) is 3.05. The largest absolute Gasteiger partial charge is 0.467 e. The maximum atomic E-state index is 12.2. The van der Waals surface area contributed by atoms with Crippen LogP contribution in [0.1, 0.15) is 12.8 Å². The summed E-state index contributed by atoms with van der Waals surface area (Å²) in [5.74, 6) is -0.714. The topological polar surface area (TPSA) is 123 Å². The van der Waals surface area contributed by atoms with Crippen molar-refractivity contribution in [1.82, 2.24) is 19.9 Å². The first kappa shape index (κ1) is 16.2. The van der Waals surface area contributed by atoms with E-state index in [0.29, 0.717) is 13.0 Å². The van der Waals surface area contributed by atoms with Crippen LogP contribution < -0.4 is 4.72 Å². The summed E-state index contributed by atoms with van der Waals surface area (Å²) in [7, 11) is -2.17. The fraction of sp³-hybridized carbons (Fsp3) is 0.636. The number of amides is 1. The molecule has 0 bridgehead atoms. The number of carbonyl (C=O) groups excluding carboxylic acids is 2. The highest BCUT2D eigenvalue weighted by molar-refractivity contribution is 7.92. The van der Waals surface area contributed by atoms with Gasteiger partial charge >= 0.3 is 5.97 Å². The third-order valence-electron chi connectivity index (χ3n) is 3.17. The minimum atomic E-state index is -3.45. The predicted molar refractivity (Wildman–Crippen MR) is 75.2 cm³/mol. The third-order valence-corrected chi connectivity index (χ3v) is 3.75. The van der Waals surface area contributed by atoms with E-state index >= 15 is 0 Å².